The van der Waals surface area contributed by atoms with E-state index in [1.807, 2.05) is 104 Å². The lowest BCUT2D eigenvalue weighted by Crippen LogP contribution is -2.09. The van der Waals surface area contributed by atoms with Gasteiger partial charge in [-0.2, -0.15) is 63.2 Å². The zero-order valence-corrected chi connectivity index (χ0v) is 57.5. The lowest BCUT2D eigenvalue weighted by Gasteiger charge is -2.21. The Kier molecular flexibility index (Phi) is 15.4. The normalized spacial score (nSPS) is 12.4. The minimum absolute atomic E-state index is 0.00972. The Morgan fingerprint density at radius 1 is 0.273 bits per heavy atom. The van der Waals surface area contributed by atoms with Crippen LogP contribution in [0.4, 0.5) is 52.7 Å². The summed E-state index contributed by atoms with van der Waals surface area (Å²) in [6.07, 6.45) is -14.3. The first-order valence-corrected chi connectivity index (χ1v) is 34.5. The molecule has 0 amide bonds. The molecule has 0 atom stereocenters. The smallest absolute Gasteiger partial charge is 0.307 e. The second-order valence-electron chi connectivity index (χ2n) is 27.3. The number of pyridine rings is 2. The highest BCUT2D eigenvalue weighted by Gasteiger charge is 2.39. The lowest BCUT2D eigenvalue weighted by atomic mass is 9.91. The van der Waals surface area contributed by atoms with Crippen molar-refractivity contribution in [3.8, 4) is 90.5 Å². The minimum atomic E-state index is -5.19. The molecular formula is C90H50F12N8. The van der Waals surface area contributed by atoms with Crippen molar-refractivity contribution in [2.24, 2.45) is 0 Å². The maximum Gasteiger partial charge on any atom is 0.417 e. The van der Waals surface area contributed by atoms with Crippen molar-refractivity contribution in [2.75, 3.05) is 0 Å². The molecule has 6 heterocycles. The maximum atomic E-state index is 16.6. The largest absolute Gasteiger partial charge is 0.417 e. The van der Waals surface area contributed by atoms with E-state index in [2.05, 4.69) is 69.6 Å². The molecule has 8 nitrogen and oxygen atoms in total. The summed E-state index contributed by atoms with van der Waals surface area (Å²) in [4.78, 5) is 9.46. The van der Waals surface area contributed by atoms with E-state index in [1.165, 1.54) is 36.4 Å². The number of aryl methyl sites for hydroxylation is 2. The van der Waals surface area contributed by atoms with E-state index in [9.17, 15) is 36.9 Å². The van der Waals surface area contributed by atoms with Gasteiger partial charge in [0.2, 0.25) is 0 Å². The standard InChI is InChI=1S/C90H50F12N8/c1-49-11-3-4-16-61(49)53-23-31-75-69(36-53)62-17-5-7-19-73(62)107(75)81-45-105-46-82(85(81)56-14-9-12-51(33-56)43-103)108-74-20-8-6-18-63(74)70-37-54(24-32-76(70)108)67-35-55(22-21-50(67)2)68-41-71-66-30-27-60(89(97,98)99)40-79(66)110(80(71)42-72(68)90(100,101)102)84-48-106-47-83(86(84)57-15-10-13-52(34-57)44-104)109-77-38-58(87(91,92)93)25-28-64(77)65-29-26-59(39-78(65)109)88(94,95)96/h3-42,45-48H,1-2H3. The average Bonchev–Trinajstić information content (AvgIpc) is 1.56. The van der Waals surface area contributed by atoms with Gasteiger partial charge in [0.05, 0.1) is 137 Å². The summed E-state index contributed by atoms with van der Waals surface area (Å²) in [5.74, 6) is 0. The third-order valence-electron chi connectivity index (χ3n) is 21.0. The number of aromatic nitrogens is 6. The van der Waals surface area contributed by atoms with Gasteiger partial charge < -0.3 is 18.3 Å². The highest BCUT2D eigenvalue weighted by atomic mass is 19.4. The van der Waals surface area contributed by atoms with Crippen molar-refractivity contribution < 1.29 is 52.7 Å². The van der Waals surface area contributed by atoms with Crippen LogP contribution in [-0.2, 0) is 24.7 Å². The Balaban J connectivity index is 0.836. The van der Waals surface area contributed by atoms with E-state index in [0.717, 1.165) is 159 Å². The number of alkyl halides is 12. The molecule has 0 radical (unpaired) electrons. The summed E-state index contributed by atoms with van der Waals surface area (Å²) >= 11 is 0. The number of hydrogen-bond acceptors (Lipinski definition) is 4. The molecule has 0 bridgehead atoms. The summed E-state index contributed by atoms with van der Waals surface area (Å²) < 4.78 is 190. The molecule has 0 aliphatic heterocycles. The second kappa shape index (κ2) is 24.9. The van der Waals surface area contributed by atoms with Crippen molar-refractivity contribution in [3.63, 3.8) is 0 Å². The fourth-order valence-corrected chi connectivity index (χ4v) is 16.0. The summed E-state index contributed by atoms with van der Waals surface area (Å²) in [6.45, 7) is 3.90. The Hall–Kier alpha value is -13.7. The number of rotatable bonds is 9. The first kappa shape index (κ1) is 68.1. The molecule has 12 aromatic carbocycles. The Bertz CT molecular complexity index is 6980. The molecule has 18 rings (SSSR count). The highest BCUT2D eigenvalue weighted by Crippen LogP contribution is 2.51. The monoisotopic (exact) mass is 1470 g/mol. The highest BCUT2D eigenvalue weighted by molar-refractivity contribution is 6.16. The molecule has 0 N–H and O–H groups in total. The van der Waals surface area contributed by atoms with Crippen LogP contribution in [0.25, 0.3) is 166 Å². The molecule has 0 unspecified atom stereocenters. The van der Waals surface area contributed by atoms with Gasteiger partial charge in [0.15, 0.2) is 0 Å². The number of nitriles is 2. The van der Waals surface area contributed by atoms with Crippen molar-refractivity contribution in [3.05, 3.63) is 312 Å². The first-order chi connectivity index (χ1) is 52.8. The van der Waals surface area contributed by atoms with Crippen molar-refractivity contribution in [1.82, 2.24) is 28.2 Å². The predicted octanol–water partition coefficient (Wildman–Crippen LogP) is 25.6. The van der Waals surface area contributed by atoms with Gasteiger partial charge in [-0.25, -0.2) is 0 Å². The lowest BCUT2D eigenvalue weighted by molar-refractivity contribution is -0.138. The molecule has 0 aliphatic carbocycles. The van der Waals surface area contributed by atoms with Crippen molar-refractivity contribution in [2.45, 2.75) is 38.6 Å². The van der Waals surface area contributed by atoms with Crippen LogP contribution in [0, 0.1) is 36.5 Å². The van der Waals surface area contributed by atoms with Gasteiger partial charge in [-0.1, -0.05) is 127 Å². The first-order valence-electron chi connectivity index (χ1n) is 34.5. The van der Waals surface area contributed by atoms with Gasteiger partial charge in [-0.05, 0) is 185 Å². The predicted molar refractivity (Wildman–Crippen MR) is 405 cm³/mol. The van der Waals surface area contributed by atoms with E-state index < -0.39 is 47.0 Å². The van der Waals surface area contributed by atoms with E-state index in [0.29, 0.717) is 27.9 Å². The number of hydrogen-bond donors (Lipinski definition) is 0. The number of fused-ring (bicyclic) bond motifs is 12. The molecule has 0 fully saturated rings. The Labute approximate surface area is 616 Å². The number of nitrogens with zero attached hydrogens (tertiary/aromatic N) is 8. The van der Waals surface area contributed by atoms with Gasteiger partial charge in [0.1, 0.15) is 0 Å². The molecule has 0 spiro atoms. The minimum Gasteiger partial charge on any atom is -0.307 e. The molecule has 0 saturated carbocycles. The molecule has 110 heavy (non-hydrogen) atoms. The topological polar surface area (TPSA) is 93.1 Å². The van der Waals surface area contributed by atoms with Crippen LogP contribution >= 0.6 is 0 Å². The fourth-order valence-electron chi connectivity index (χ4n) is 16.0. The van der Waals surface area contributed by atoms with E-state index in [1.54, 1.807) is 24.4 Å². The van der Waals surface area contributed by atoms with Crippen LogP contribution in [0.3, 0.4) is 0 Å². The molecule has 534 valence electrons. The van der Waals surface area contributed by atoms with Crippen LogP contribution < -0.4 is 0 Å². The van der Waals surface area contributed by atoms with Gasteiger partial charge in [0, 0.05) is 54.2 Å². The Morgan fingerprint density at radius 3 is 1.08 bits per heavy atom. The molecule has 0 saturated heterocycles. The number of halogens is 12. The van der Waals surface area contributed by atoms with Crippen LogP contribution in [-0.4, -0.2) is 28.2 Å². The molecule has 18 aromatic rings. The molecule has 0 aliphatic rings. The zero-order valence-electron chi connectivity index (χ0n) is 57.5. The third-order valence-corrected chi connectivity index (χ3v) is 21.0. The fraction of sp³-hybridized carbons (Fsp3) is 0.0667. The van der Waals surface area contributed by atoms with E-state index in [4.69, 9.17) is 4.98 Å². The van der Waals surface area contributed by atoms with Crippen LogP contribution in [0.2, 0.25) is 0 Å². The molecule has 20 heteroatoms. The van der Waals surface area contributed by atoms with Crippen LogP contribution in [0.15, 0.2) is 267 Å². The van der Waals surface area contributed by atoms with Gasteiger partial charge >= 0.3 is 24.7 Å². The van der Waals surface area contributed by atoms with Gasteiger partial charge in [-0.3, -0.25) is 9.97 Å². The maximum absolute atomic E-state index is 16.6. The van der Waals surface area contributed by atoms with Crippen LogP contribution in [0.5, 0.6) is 0 Å². The quantitative estimate of drug-likeness (QED) is 0.135. The van der Waals surface area contributed by atoms with Crippen molar-refractivity contribution in [1.29, 1.82) is 10.5 Å². The molecule has 6 aromatic heterocycles. The number of benzene rings is 12. The second-order valence-corrected chi connectivity index (χ2v) is 27.3. The summed E-state index contributed by atoms with van der Waals surface area (Å²) in [6, 6.07) is 68.5. The third kappa shape index (κ3) is 11.0. The van der Waals surface area contributed by atoms with Gasteiger partial charge in [-0.15, -0.1) is 0 Å². The van der Waals surface area contributed by atoms with Crippen LogP contribution in [0.1, 0.15) is 44.5 Å². The van der Waals surface area contributed by atoms with E-state index >= 15 is 26.3 Å². The molecular weight excluding hydrogens is 1420 g/mol. The summed E-state index contributed by atoms with van der Waals surface area (Å²) in [7, 11) is 0. The summed E-state index contributed by atoms with van der Waals surface area (Å²) in [5, 5.41) is 24.5. The summed E-state index contributed by atoms with van der Waals surface area (Å²) in [5.41, 5.74) is 4.85. The number of para-hydroxylation sites is 2. The zero-order chi connectivity index (χ0) is 76.2. The average molecular weight is 1470 g/mol. The Morgan fingerprint density at radius 2 is 0.636 bits per heavy atom. The van der Waals surface area contributed by atoms with Gasteiger partial charge in [0.25, 0.3) is 0 Å². The SMILES string of the molecule is Cc1ccccc1-c1ccc2c(c1)c1ccccc1n2-c1cncc(-n2c3ccccc3c3cc(-c4cc(-c5cc6c7ccc(C(F)(F)F)cc7n(-c7cncc(-n8c9cc(C(F)(F)F)ccc9c9ccc(C(F)(F)F)cc98)c7-c7cccc(C#N)c7)c6cc5C(F)(F)F)ccc4C)ccc32)c1-c1cccc(C#N)c1. The van der Waals surface area contributed by atoms with Crippen molar-refractivity contribution >= 4 is 87.2 Å². The van der Waals surface area contributed by atoms with E-state index in [-0.39, 0.29) is 82.8 Å².